The van der Waals surface area contributed by atoms with E-state index in [1.54, 1.807) is 12.4 Å². The molecular formula is C10H12N2O2. The molecule has 0 aromatic carbocycles. The number of nitrogens with zero attached hydrogens (tertiary/aromatic N) is 1. The van der Waals surface area contributed by atoms with Crippen molar-refractivity contribution in [1.29, 1.82) is 0 Å². The molecule has 1 aliphatic rings. The van der Waals surface area contributed by atoms with Gasteiger partial charge < -0.3 is 10.4 Å². The Morgan fingerprint density at radius 1 is 1.50 bits per heavy atom. The summed E-state index contributed by atoms with van der Waals surface area (Å²) in [6, 6.07) is 3.73. The summed E-state index contributed by atoms with van der Waals surface area (Å²) in [5, 5.41) is 12.1. The van der Waals surface area contributed by atoms with E-state index in [1.165, 1.54) is 0 Å². The zero-order chi connectivity index (χ0) is 10.0. The van der Waals surface area contributed by atoms with Gasteiger partial charge in [-0.05, 0) is 24.1 Å². The zero-order valence-electron chi connectivity index (χ0n) is 7.73. The Balaban J connectivity index is 2.13. The fraction of sp³-hybridized carbons (Fsp3) is 0.400. The van der Waals surface area contributed by atoms with Crippen LogP contribution in [0.1, 0.15) is 5.56 Å². The molecule has 1 aromatic rings. The maximum Gasteiger partial charge on any atom is 0.312 e. The maximum absolute atomic E-state index is 11.1. The number of aliphatic carboxylic acids is 1. The summed E-state index contributed by atoms with van der Waals surface area (Å²) >= 11 is 0. The van der Waals surface area contributed by atoms with Gasteiger partial charge in [-0.25, -0.2) is 0 Å². The summed E-state index contributed by atoms with van der Waals surface area (Å²) < 4.78 is 0. The highest BCUT2D eigenvalue weighted by Crippen LogP contribution is 2.27. The number of aromatic nitrogens is 1. The number of pyridine rings is 1. The predicted octanol–water partition coefficient (Wildman–Crippen LogP) is 0.298. The van der Waals surface area contributed by atoms with Gasteiger partial charge >= 0.3 is 5.97 Å². The molecule has 1 aromatic heterocycles. The molecule has 0 radical (unpaired) electrons. The molecule has 2 rings (SSSR count). The van der Waals surface area contributed by atoms with E-state index in [-0.39, 0.29) is 0 Å². The van der Waals surface area contributed by atoms with Crippen LogP contribution in [-0.2, 0) is 11.2 Å². The number of carboxylic acid groups (broad SMARTS) is 1. The third-order valence-corrected chi connectivity index (χ3v) is 2.67. The standard InChI is InChI=1S/C10H12N2O2/c13-9(14)10(6-12-7-10)5-8-1-3-11-4-2-8/h1-4,12H,5-7H2,(H,13,14). The van der Waals surface area contributed by atoms with Crippen LogP contribution in [0.3, 0.4) is 0 Å². The Labute approximate surface area is 82.0 Å². The lowest BCUT2D eigenvalue weighted by molar-refractivity contribution is -0.152. The molecular weight excluding hydrogens is 180 g/mol. The average Bonchev–Trinajstić information content (AvgIpc) is 2.12. The summed E-state index contributed by atoms with van der Waals surface area (Å²) in [6.07, 6.45) is 3.96. The fourth-order valence-corrected chi connectivity index (χ4v) is 1.67. The van der Waals surface area contributed by atoms with Crippen molar-refractivity contribution < 1.29 is 9.90 Å². The van der Waals surface area contributed by atoms with E-state index in [1.807, 2.05) is 12.1 Å². The highest BCUT2D eigenvalue weighted by molar-refractivity contribution is 5.77. The van der Waals surface area contributed by atoms with Crippen molar-refractivity contribution in [2.45, 2.75) is 6.42 Å². The molecule has 0 bridgehead atoms. The van der Waals surface area contributed by atoms with Gasteiger partial charge in [-0.3, -0.25) is 9.78 Å². The Kier molecular flexibility index (Phi) is 2.21. The molecule has 2 N–H and O–H groups in total. The molecule has 1 saturated heterocycles. The van der Waals surface area contributed by atoms with E-state index in [2.05, 4.69) is 10.3 Å². The van der Waals surface area contributed by atoms with E-state index in [9.17, 15) is 4.79 Å². The van der Waals surface area contributed by atoms with Crippen LogP contribution in [0.15, 0.2) is 24.5 Å². The van der Waals surface area contributed by atoms with Crippen LogP contribution >= 0.6 is 0 Å². The smallest absolute Gasteiger partial charge is 0.312 e. The maximum atomic E-state index is 11.1. The van der Waals surface area contributed by atoms with Gasteiger partial charge in [-0.2, -0.15) is 0 Å². The van der Waals surface area contributed by atoms with E-state index < -0.39 is 11.4 Å². The van der Waals surface area contributed by atoms with E-state index in [0.717, 1.165) is 5.56 Å². The zero-order valence-corrected chi connectivity index (χ0v) is 7.73. The second-order valence-corrected chi connectivity index (χ2v) is 3.72. The van der Waals surface area contributed by atoms with E-state index in [4.69, 9.17) is 5.11 Å². The predicted molar refractivity (Wildman–Crippen MR) is 50.9 cm³/mol. The summed E-state index contributed by atoms with van der Waals surface area (Å²) in [4.78, 5) is 15.0. The largest absolute Gasteiger partial charge is 0.481 e. The molecule has 4 heteroatoms. The number of rotatable bonds is 3. The van der Waals surface area contributed by atoms with Gasteiger partial charge in [0.25, 0.3) is 0 Å². The monoisotopic (exact) mass is 192 g/mol. The quantitative estimate of drug-likeness (QED) is 0.723. The van der Waals surface area contributed by atoms with Crippen LogP contribution in [0.4, 0.5) is 0 Å². The fourth-order valence-electron chi connectivity index (χ4n) is 1.67. The number of hydrogen-bond donors (Lipinski definition) is 2. The van der Waals surface area contributed by atoms with E-state index in [0.29, 0.717) is 19.5 Å². The SMILES string of the molecule is O=C(O)C1(Cc2ccncc2)CNC1. The first kappa shape index (κ1) is 9.15. The molecule has 0 spiro atoms. The van der Waals surface area contributed by atoms with Gasteiger partial charge in [0.2, 0.25) is 0 Å². The van der Waals surface area contributed by atoms with Crippen LogP contribution < -0.4 is 5.32 Å². The number of nitrogens with one attached hydrogen (secondary N) is 1. The molecule has 0 aliphatic carbocycles. The molecule has 1 aliphatic heterocycles. The number of carbonyl (C=O) groups is 1. The number of hydrogen-bond acceptors (Lipinski definition) is 3. The highest BCUT2D eigenvalue weighted by atomic mass is 16.4. The Morgan fingerprint density at radius 2 is 2.14 bits per heavy atom. The van der Waals surface area contributed by atoms with Gasteiger partial charge in [-0.15, -0.1) is 0 Å². The highest BCUT2D eigenvalue weighted by Gasteiger charge is 2.44. The van der Waals surface area contributed by atoms with Crippen molar-refractivity contribution in [2.24, 2.45) is 5.41 Å². The summed E-state index contributed by atoms with van der Waals surface area (Å²) in [5.41, 5.74) is 0.436. The summed E-state index contributed by atoms with van der Waals surface area (Å²) in [5.74, 6) is -0.715. The van der Waals surface area contributed by atoms with Crippen molar-refractivity contribution in [3.8, 4) is 0 Å². The Bertz CT molecular complexity index is 333. The third kappa shape index (κ3) is 1.48. The molecule has 0 atom stereocenters. The van der Waals surface area contributed by atoms with Gasteiger partial charge in [-0.1, -0.05) is 0 Å². The first-order chi connectivity index (χ1) is 6.73. The molecule has 0 unspecified atom stereocenters. The average molecular weight is 192 g/mol. The van der Waals surface area contributed by atoms with E-state index >= 15 is 0 Å². The Hall–Kier alpha value is -1.42. The number of carboxylic acids is 1. The van der Waals surface area contributed by atoms with Crippen molar-refractivity contribution >= 4 is 5.97 Å². The second-order valence-electron chi connectivity index (χ2n) is 3.72. The molecule has 0 amide bonds. The third-order valence-electron chi connectivity index (χ3n) is 2.67. The van der Waals surface area contributed by atoms with Crippen LogP contribution in [0.2, 0.25) is 0 Å². The topological polar surface area (TPSA) is 62.2 Å². The lowest BCUT2D eigenvalue weighted by Crippen LogP contribution is -2.59. The molecule has 14 heavy (non-hydrogen) atoms. The first-order valence-electron chi connectivity index (χ1n) is 4.56. The molecule has 0 saturated carbocycles. The van der Waals surface area contributed by atoms with Crippen molar-refractivity contribution in [3.63, 3.8) is 0 Å². The minimum atomic E-state index is -0.715. The first-order valence-corrected chi connectivity index (χ1v) is 4.56. The molecule has 4 nitrogen and oxygen atoms in total. The second kappa shape index (κ2) is 3.38. The van der Waals surface area contributed by atoms with Gasteiger partial charge in [0.05, 0.1) is 5.41 Å². The summed E-state index contributed by atoms with van der Waals surface area (Å²) in [6.45, 7) is 1.12. The minimum absolute atomic E-state index is 0.560. The molecule has 2 heterocycles. The van der Waals surface area contributed by atoms with Crippen molar-refractivity contribution in [2.75, 3.05) is 13.1 Å². The van der Waals surface area contributed by atoms with Gasteiger partial charge in [0.15, 0.2) is 0 Å². The van der Waals surface area contributed by atoms with Crippen LogP contribution in [0, 0.1) is 5.41 Å². The normalized spacial score (nSPS) is 18.6. The summed E-state index contributed by atoms with van der Waals surface area (Å²) in [7, 11) is 0. The molecule has 74 valence electrons. The van der Waals surface area contributed by atoms with Crippen LogP contribution in [-0.4, -0.2) is 29.1 Å². The van der Waals surface area contributed by atoms with Crippen molar-refractivity contribution in [3.05, 3.63) is 30.1 Å². The molecule has 1 fully saturated rings. The van der Waals surface area contributed by atoms with Gasteiger partial charge in [0.1, 0.15) is 0 Å². The Morgan fingerprint density at radius 3 is 2.57 bits per heavy atom. The lowest BCUT2D eigenvalue weighted by atomic mass is 9.76. The van der Waals surface area contributed by atoms with Crippen LogP contribution in [0.5, 0.6) is 0 Å². The van der Waals surface area contributed by atoms with Gasteiger partial charge in [0, 0.05) is 25.5 Å². The minimum Gasteiger partial charge on any atom is -0.481 e. The van der Waals surface area contributed by atoms with Crippen molar-refractivity contribution in [1.82, 2.24) is 10.3 Å². The lowest BCUT2D eigenvalue weighted by Gasteiger charge is -2.38. The van der Waals surface area contributed by atoms with Crippen LogP contribution in [0.25, 0.3) is 0 Å².